The highest BCUT2D eigenvalue weighted by Crippen LogP contribution is 2.28. The average Bonchev–Trinajstić information content (AvgIpc) is 2.89. The number of fused-ring (bicyclic) bond motifs is 1. The van der Waals surface area contributed by atoms with Gasteiger partial charge in [-0.25, -0.2) is 13.9 Å². The fourth-order valence-electron chi connectivity index (χ4n) is 4.83. The Bertz CT molecular complexity index is 861. The normalized spacial score (nSPS) is 19.1. The first kappa shape index (κ1) is 20.3. The fourth-order valence-corrected chi connectivity index (χ4v) is 4.83. The van der Waals surface area contributed by atoms with Crippen LogP contribution in [0.4, 0.5) is 4.39 Å². The number of carbonyl (C=O) groups excluding carboxylic acids is 1. The Morgan fingerprint density at radius 1 is 1.10 bits per heavy atom. The molecule has 0 atom stereocenters. The van der Waals surface area contributed by atoms with E-state index >= 15 is 4.39 Å². The van der Waals surface area contributed by atoms with Gasteiger partial charge in [0.05, 0.1) is 0 Å². The maximum Gasteiger partial charge on any atom is 0.277 e. The molecule has 1 aliphatic heterocycles. The minimum atomic E-state index is -0.563. The first-order chi connectivity index (χ1) is 14.0. The molecule has 0 N–H and O–H groups in total. The molecule has 1 saturated heterocycles. The maximum absolute atomic E-state index is 15.3. The molecule has 2 aliphatic rings. The van der Waals surface area contributed by atoms with Gasteiger partial charge >= 0.3 is 0 Å². The van der Waals surface area contributed by atoms with Gasteiger partial charge in [-0.05, 0) is 37.2 Å². The number of hydrogen-bond donors (Lipinski definition) is 0. The fraction of sp³-hybridized carbons (Fsp3) is 0.696. The van der Waals surface area contributed by atoms with Crippen molar-refractivity contribution in [2.45, 2.75) is 84.0 Å². The van der Waals surface area contributed by atoms with Crippen LogP contribution >= 0.6 is 0 Å². The molecule has 1 aliphatic carbocycles. The van der Waals surface area contributed by atoms with Crippen molar-refractivity contribution >= 4 is 11.6 Å². The molecule has 2 aromatic rings. The monoisotopic (exact) mass is 400 g/mol. The second-order valence-corrected chi connectivity index (χ2v) is 9.14. The Hall–Kier alpha value is -1.98. The second-order valence-electron chi connectivity index (χ2n) is 9.14. The zero-order chi connectivity index (χ0) is 20.4. The number of nitrogens with zero attached hydrogens (tertiary/aromatic N) is 4. The average molecular weight is 401 g/mol. The molecule has 0 radical (unpaired) electrons. The molecule has 1 saturated carbocycles. The molecule has 0 aromatic carbocycles. The summed E-state index contributed by atoms with van der Waals surface area (Å²) in [7, 11) is 0. The summed E-state index contributed by atoms with van der Waals surface area (Å²) in [6.45, 7) is 5.52. The predicted octanol–water partition coefficient (Wildman–Crippen LogP) is 5.13. The van der Waals surface area contributed by atoms with Gasteiger partial charge in [0.15, 0.2) is 11.3 Å². The van der Waals surface area contributed by atoms with E-state index < -0.39 is 5.82 Å². The lowest BCUT2D eigenvalue weighted by Gasteiger charge is -2.21. The van der Waals surface area contributed by atoms with Crippen LogP contribution in [0.5, 0.6) is 0 Å². The van der Waals surface area contributed by atoms with Crippen molar-refractivity contribution in [2.24, 2.45) is 5.92 Å². The number of halogens is 1. The third-order valence-electron chi connectivity index (χ3n) is 6.52. The summed E-state index contributed by atoms with van der Waals surface area (Å²) in [4.78, 5) is 19.4. The van der Waals surface area contributed by atoms with Crippen LogP contribution in [-0.4, -0.2) is 38.5 Å². The summed E-state index contributed by atoms with van der Waals surface area (Å²) in [5.41, 5.74) is 1.99. The molecule has 5 nitrogen and oxygen atoms in total. The Balaban J connectivity index is 1.69. The summed E-state index contributed by atoms with van der Waals surface area (Å²) < 4.78 is 16.9. The second kappa shape index (κ2) is 8.80. The van der Waals surface area contributed by atoms with Crippen LogP contribution in [0.2, 0.25) is 0 Å². The molecule has 29 heavy (non-hydrogen) atoms. The molecular weight excluding hydrogens is 367 g/mol. The molecule has 0 unspecified atom stereocenters. The van der Waals surface area contributed by atoms with E-state index in [1.807, 2.05) is 0 Å². The third-order valence-corrected chi connectivity index (χ3v) is 6.52. The largest absolute Gasteiger partial charge is 0.337 e. The van der Waals surface area contributed by atoms with Gasteiger partial charge in [-0.15, -0.1) is 0 Å². The van der Waals surface area contributed by atoms with E-state index in [1.165, 1.54) is 32.1 Å². The molecule has 158 valence electrons. The summed E-state index contributed by atoms with van der Waals surface area (Å²) in [6.07, 6.45) is 11.4. The van der Waals surface area contributed by atoms with E-state index in [9.17, 15) is 4.79 Å². The summed E-state index contributed by atoms with van der Waals surface area (Å²) >= 11 is 0. The van der Waals surface area contributed by atoms with Crippen molar-refractivity contribution in [1.29, 1.82) is 0 Å². The van der Waals surface area contributed by atoms with Crippen molar-refractivity contribution in [3.63, 3.8) is 0 Å². The van der Waals surface area contributed by atoms with Crippen molar-refractivity contribution in [1.82, 2.24) is 19.5 Å². The summed E-state index contributed by atoms with van der Waals surface area (Å²) in [5.74, 6) is -0.0565. The SMILES string of the molecule is CC(C)c1cc(CC2CCCCC2)nc2c(F)c(C(=O)N3CCCCCC3)nn12. The van der Waals surface area contributed by atoms with Crippen LogP contribution in [-0.2, 0) is 6.42 Å². The molecule has 1 amide bonds. The molecule has 2 fully saturated rings. The Labute approximate surface area is 172 Å². The maximum atomic E-state index is 15.3. The molecule has 2 aromatic heterocycles. The topological polar surface area (TPSA) is 50.5 Å². The first-order valence-electron chi connectivity index (χ1n) is 11.4. The van der Waals surface area contributed by atoms with Crippen molar-refractivity contribution in [2.75, 3.05) is 13.1 Å². The van der Waals surface area contributed by atoms with Gasteiger partial charge in [0.2, 0.25) is 5.82 Å². The number of rotatable bonds is 4. The van der Waals surface area contributed by atoms with E-state index in [2.05, 4.69) is 30.0 Å². The molecule has 0 spiro atoms. The van der Waals surface area contributed by atoms with Gasteiger partial charge in [0, 0.05) is 24.5 Å². The van der Waals surface area contributed by atoms with Crippen LogP contribution < -0.4 is 0 Å². The van der Waals surface area contributed by atoms with Gasteiger partial charge in [-0.1, -0.05) is 58.8 Å². The van der Waals surface area contributed by atoms with E-state index in [0.717, 1.165) is 43.5 Å². The zero-order valence-corrected chi connectivity index (χ0v) is 17.8. The van der Waals surface area contributed by atoms with Crippen LogP contribution in [0.1, 0.15) is 99.4 Å². The van der Waals surface area contributed by atoms with Gasteiger partial charge < -0.3 is 4.90 Å². The molecule has 0 bridgehead atoms. The number of likely N-dealkylation sites (tertiary alicyclic amines) is 1. The van der Waals surface area contributed by atoms with Gasteiger partial charge in [0.1, 0.15) is 0 Å². The van der Waals surface area contributed by atoms with Gasteiger partial charge in [-0.2, -0.15) is 5.10 Å². The quantitative estimate of drug-likeness (QED) is 0.715. The van der Waals surface area contributed by atoms with Crippen LogP contribution in [0.3, 0.4) is 0 Å². The van der Waals surface area contributed by atoms with E-state index in [1.54, 1.807) is 9.42 Å². The predicted molar refractivity (Wildman–Crippen MR) is 112 cm³/mol. The summed E-state index contributed by atoms with van der Waals surface area (Å²) in [5, 5.41) is 4.42. The first-order valence-corrected chi connectivity index (χ1v) is 11.4. The number of aromatic nitrogens is 3. The van der Waals surface area contributed by atoms with Crippen LogP contribution in [0.15, 0.2) is 6.07 Å². The highest BCUT2D eigenvalue weighted by Gasteiger charge is 2.28. The third kappa shape index (κ3) is 4.31. The number of hydrogen-bond acceptors (Lipinski definition) is 3. The lowest BCUT2D eigenvalue weighted by atomic mass is 9.86. The van der Waals surface area contributed by atoms with Gasteiger partial charge in [0.25, 0.3) is 5.91 Å². The molecule has 3 heterocycles. The minimum absolute atomic E-state index is 0.0730. The van der Waals surface area contributed by atoms with E-state index in [4.69, 9.17) is 0 Å². The Morgan fingerprint density at radius 2 is 1.76 bits per heavy atom. The van der Waals surface area contributed by atoms with Crippen LogP contribution in [0.25, 0.3) is 5.65 Å². The highest BCUT2D eigenvalue weighted by molar-refractivity contribution is 5.93. The Morgan fingerprint density at radius 3 is 2.41 bits per heavy atom. The Kier molecular flexibility index (Phi) is 6.16. The molecule has 6 heteroatoms. The van der Waals surface area contributed by atoms with Crippen molar-refractivity contribution in [3.05, 3.63) is 29.0 Å². The van der Waals surface area contributed by atoms with E-state index in [-0.39, 0.29) is 23.2 Å². The van der Waals surface area contributed by atoms with E-state index in [0.29, 0.717) is 19.0 Å². The summed E-state index contributed by atoms with van der Waals surface area (Å²) in [6, 6.07) is 2.07. The lowest BCUT2D eigenvalue weighted by molar-refractivity contribution is 0.0750. The minimum Gasteiger partial charge on any atom is -0.337 e. The number of amides is 1. The zero-order valence-electron chi connectivity index (χ0n) is 17.8. The molecular formula is C23H33FN4O. The van der Waals surface area contributed by atoms with Gasteiger partial charge in [-0.3, -0.25) is 4.79 Å². The highest BCUT2D eigenvalue weighted by atomic mass is 19.1. The lowest BCUT2D eigenvalue weighted by Crippen LogP contribution is -2.32. The smallest absolute Gasteiger partial charge is 0.277 e. The van der Waals surface area contributed by atoms with Crippen LogP contribution in [0, 0.1) is 11.7 Å². The molecule has 4 rings (SSSR count). The van der Waals surface area contributed by atoms with Crippen molar-refractivity contribution in [3.8, 4) is 0 Å². The standard InChI is InChI=1S/C23H33FN4O/c1-16(2)19-15-18(14-17-10-6-5-7-11-17)25-22-20(24)21(26-28(19)22)23(29)27-12-8-3-4-9-13-27/h15-17H,3-14H2,1-2H3. The van der Waals surface area contributed by atoms with Crippen molar-refractivity contribution < 1.29 is 9.18 Å². The number of carbonyl (C=O) groups is 1.